The van der Waals surface area contributed by atoms with Crippen LogP contribution in [0.1, 0.15) is 12.1 Å². The fourth-order valence-electron chi connectivity index (χ4n) is 1.98. The van der Waals surface area contributed by atoms with Gasteiger partial charge >= 0.3 is 0 Å². The predicted octanol–water partition coefficient (Wildman–Crippen LogP) is 2.07. The number of H-pyrrole nitrogens is 1. The van der Waals surface area contributed by atoms with Gasteiger partial charge in [-0.2, -0.15) is 0 Å². The molecule has 0 aliphatic heterocycles. The van der Waals surface area contributed by atoms with Gasteiger partial charge in [0.15, 0.2) is 11.0 Å². The van der Waals surface area contributed by atoms with E-state index in [0.717, 1.165) is 17.2 Å². The van der Waals surface area contributed by atoms with Crippen molar-refractivity contribution in [2.24, 2.45) is 0 Å². The largest absolute Gasteiger partial charge is 0.348 e. The fraction of sp³-hybridized carbons (Fsp3) is 0.231. The Hall–Kier alpha value is -2.48. The van der Waals surface area contributed by atoms with E-state index in [4.69, 9.17) is 0 Å². The van der Waals surface area contributed by atoms with Crippen LogP contribution in [0.3, 0.4) is 0 Å². The molecule has 0 saturated carbocycles. The van der Waals surface area contributed by atoms with Crippen LogP contribution in [0.2, 0.25) is 0 Å². The zero-order valence-electron chi connectivity index (χ0n) is 11.4. The van der Waals surface area contributed by atoms with Crippen molar-refractivity contribution in [2.75, 3.05) is 5.32 Å². The molecule has 7 nitrogen and oxygen atoms in total. The average molecular weight is 302 g/mol. The van der Waals surface area contributed by atoms with Gasteiger partial charge in [0, 0.05) is 42.6 Å². The van der Waals surface area contributed by atoms with Crippen LogP contribution in [-0.2, 0) is 11.3 Å². The molecule has 0 bridgehead atoms. The second-order valence-electron chi connectivity index (χ2n) is 4.46. The Balaban J connectivity index is 1.65. The van der Waals surface area contributed by atoms with Crippen LogP contribution in [-0.4, -0.2) is 30.4 Å². The van der Waals surface area contributed by atoms with E-state index in [1.165, 1.54) is 11.3 Å². The maximum Gasteiger partial charge on any atom is 0.227 e. The smallest absolute Gasteiger partial charge is 0.227 e. The summed E-state index contributed by atoms with van der Waals surface area (Å²) in [5.74, 6) is 0.694. The number of anilines is 1. The van der Waals surface area contributed by atoms with Gasteiger partial charge < -0.3 is 14.9 Å². The summed E-state index contributed by atoms with van der Waals surface area (Å²) in [6, 6.07) is 0. The molecular formula is C13H14N6OS. The Bertz CT molecular complexity index is 730. The van der Waals surface area contributed by atoms with Gasteiger partial charge in [0.05, 0.1) is 6.33 Å². The Morgan fingerprint density at radius 1 is 1.38 bits per heavy atom. The molecule has 0 fully saturated rings. The highest BCUT2D eigenvalue weighted by molar-refractivity contribution is 7.13. The highest BCUT2D eigenvalue weighted by Gasteiger charge is 2.12. The quantitative estimate of drug-likeness (QED) is 0.755. The number of carbonyl (C=O) groups excluding carboxylic acids is 1. The number of carbonyl (C=O) groups is 1. The Kier molecular flexibility index (Phi) is 3.78. The summed E-state index contributed by atoms with van der Waals surface area (Å²) in [6.07, 6.45) is 7.21. The third-order valence-corrected chi connectivity index (χ3v) is 3.70. The summed E-state index contributed by atoms with van der Waals surface area (Å²) < 4.78 is 1.92. The van der Waals surface area contributed by atoms with Crippen molar-refractivity contribution in [1.29, 1.82) is 0 Å². The third kappa shape index (κ3) is 3.00. The van der Waals surface area contributed by atoms with Crippen LogP contribution < -0.4 is 5.32 Å². The summed E-state index contributed by atoms with van der Waals surface area (Å²) in [7, 11) is 0. The average Bonchev–Trinajstić information content (AvgIpc) is 3.17. The second-order valence-corrected chi connectivity index (χ2v) is 5.35. The monoisotopic (exact) mass is 302 g/mol. The number of amides is 1. The molecular weight excluding hydrogens is 288 g/mol. The van der Waals surface area contributed by atoms with Gasteiger partial charge in [-0.05, 0) is 6.92 Å². The number of aryl methyl sites for hydroxylation is 2. The second kappa shape index (κ2) is 5.88. The zero-order valence-corrected chi connectivity index (χ0v) is 12.2. The molecule has 3 heterocycles. The van der Waals surface area contributed by atoms with Crippen molar-refractivity contribution in [3.63, 3.8) is 0 Å². The number of imidazole rings is 2. The highest BCUT2D eigenvalue weighted by atomic mass is 32.1. The predicted molar refractivity (Wildman–Crippen MR) is 79.9 cm³/mol. The van der Waals surface area contributed by atoms with Crippen LogP contribution in [0.5, 0.6) is 0 Å². The Labute approximate surface area is 125 Å². The summed E-state index contributed by atoms with van der Waals surface area (Å²) >= 11 is 1.40. The number of aromatic amines is 1. The summed E-state index contributed by atoms with van der Waals surface area (Å²) in [5, 5.41) is 5.21. The molecule has 0 radical (unpaired) electrons. The first-order valence-corrected chi connectivity index (χ1v) is 7.33. The molecule has 0 aromatic carbocycles. The number of hydrogen-bond acceptors (Lipinski definition) is 5. The molecule has 3 rings (SSSR count). The molecule has 0 aliphatic carbocycles. The Morgan fingerprint density at radius 2 is 2.29 bits per heavy atom. The molecule has 0 spiro atoms. The minimum absolute atomic E-state index is 0.0663. The number of hydrogen-bond donors (Lipinski definition) is 2. The van der Waals surface area contributed by atoms with Gasteiger partial charge in [-0.15, -0.1) is 11.3 Å². The summed E-state index contributed by atoms with van der Waals surface area (Å²) in [5.41, 5.74) is 1.76. The molecule has 21 heavy (non-hydrogen) atoms. The highest BCUT2D eigenvalue weighted by Crippen LogP contribution is 2.18. The molecule has 3 aromatic rings. The number of rotatable bonds is 5. The van der Waals surface area contributed by atoms with E-state index in [1.807, 2.05) is 23.1 Å². The lowest BCUT2D eigenvalue weighted by Crippen LogP contribution is -2.14. The van der Waals surface area contributed by atoms with Crippen LogP contribution in [0.4, 0.5) is 5.13 Å². The van der Waals surface area contributed by atoms with Crippen molar-refractivity contribution < 1.29 is 4.79 Å². The first-order chi connectivity index (χ1) is 10.2. The van der Waals surface area contributed by atoms with E-state index in [1.54, 1.807) is 18.7 Å². The minimum atomic E-state index is -0.0663. The van der Waals surface area contributed by atoms with Crippen molar-refractivity contribution in [2.45, 2.75) is 19.9 Å². The molecule has 108 valence electrons. The number of nitrogens with one attached hydrogen (secondary N) is 2. The van der Waals surface area contributed by atoms with E-state index in [-0.39, 0.29) is 5.91 Å². The van der Waals surface area contributed by atoms with Gasteiger partial charge in [0.25, 0.3) is 0 Å². The van der Waals surface area contributed by atoms with E-state index < -0.39 is 0 Å². The maximum atomic E-state index is 11.9. The zero-order chi connectivity index (χ0) is 14.7. The van der Waals surface area contributed by atoms with E-state index in [2.05, 4.69) is 25.3 Å². The molecule has 2 N–H and O–H groups in total. The summed E-state index contributed by atoms with van der Waals surface area (Å²) in [4.78, 5) is 27.5. The third-order valence-electron chi connectivity index (χ3n) is 3.02. The molecule has 0 aliphatic rings. The first-order valence-electron chi connectivity index (χ1n) is 6.45. The van der Waals surface area contributed by atoms with Gasteiger partial charge in [0.2, 0.25) is 5.91 Å². The van der Waals surface area contributed by atoms with Crippen molar-refractivity contribution in [3.05, 3.63) is 36.0 Å². The molecule has 1 amide bonds. The van der Waals surface area contributed by atoms with Crippen LogP contribution in [0.25, 0.3) is 11.5 Å². The lowest BCUT2D eigenvalue weighted by Gasteiger charge is -2.06. The van der Waals surface area contributed by atoms with Crippen LogP contribution in [0, 0.1) is 6.92 Å². The van der Waals surface area contributed by atoms with E-state index >= 15 is 0 Å². The van der Waals surface area contributed by atoms with Crippen LogP contribution in [0.15, 0.2) is 30.3 Å². The lowest BCUT2D eigenvalue weighted by molar-refractivity contribution is -0.116. The van der Waals surface area contributed by atoms with E-state index in [9.17, 15) is 4.79 Å². The number of nitrogens with zero attached hydrogens (tertiary/aromatic N) is 4. The Morgan fingerprint density at radius 3 is 3.00 bits per heavy atom. The maximum absolute atomic E-state index is 11.9. The van der Waals surface area contributed by atoms with Crippen molar-refractivity contribution in [1.82, 2.24) is 24.5 Å². The standard InChI is InChI=1S/C13H14N6OS/c1-9-11(17-8-16-9)12-14-3-6-19(12)5-2-10(20)18-13-15-4-7-21-13/h3-4,6-8H,2,5H2,1H3,(H,16,17)(H,15,18,20). The molecule has 0 atom stereocenters. The number of aromatic nitrogens is 5. The summed E-state index contributed by atoms with van der Waals surface area (Å²) in [6.45, 7) is 2.48. The van der Waals surface area contributed by atoms with Crippen molar-refractivity contribution in [3.8, 4) is 11.5 Å². The topological polar surface area (TPSA) is 88.5 Å². The van der Waals surface area contributed by atoms with Gasteiger partial charge in [-0.25, -0.2) is 15.0 Å². The number of thiazole rings is 1. The lowest BCUT2D eigenvalue weighted by atomic mass is 10.3. The fourth-order valence-corrected chi connectivity index (χ4v) is 2.53. The van der Waals surface area contributed by atoms with Crippen molar-refractivity contribution >= 4 is 22.4 Å². The molecule has 0 unspecified atom stereocenters. The first kappa shape index (κ1) is 13.5. The van der Waals surface area contributed by atoms with Gasteiger partial charge in [-0.3, -0.25) is 4.79 Å². The SMILES string of the molecule is Cc1[nH]cnc1-c1nccn1CCC(=O)Nc1nccs1. The molecule has 3 aromatic heterocycles. The van der Waals surface area contributed by atoms with Gasteiger partial charge in [-0.1, -0.05) is 0 Å². The normalized spacial score (nSPS) is 10.7. The molecule has 8 heteroatoms. The molecule has 0 saturated heterocycles. The van der Waals surface area contributed by atoms with Gasteiger partial charge in [0.1, 0.15) is 5.69 Å². The van der Waals surface area contributed by atoms with E-state index in [0.29, 0.717) is 18.1 Å². The van der Waals surface area contributed by atoms with Crippen LogP contribution >= 0.6 is 11.3 Å². The minimum Gasteiger partial charge on any atom is -0.348 e.